The van der Waals surface area contributed by atoms with Gasteiger partial charge in [-0.25, -0.2) is 0 Å². The number of benzene rings is 2. The molecule has 2 fully saturated rings. The molecule has 6 heteroatoms. The van der Waals surface area contributed by atoms with Gasteiger partial charge in [-0.3, -0.25) is 19.3 Å². The molecule has 2 atom stereocenters. The van der Waals surface area contributed by atoms with Crippen LogP contribution in [0.4, 0.5) is 5.69 Å². The highest BCUT2D eigenvalue weighted by molar-refractivity contribution is 6.05. The van der Waals surface area contributed by atoms with E-state index in [1.54, 1.807) is 24.3 Å². The average molecular weight is 406 g/mol. The Labute approximate surface area is 176 Å². The first kappa shape index (κ1) is 20.1. The zero-order valence-corrected chi connectivity index (χ0v) is 17.1. The average Bonchev–Trinajstić information content (AvgIpc) is 2.98. The van der Waals surface area contributed by atoms with Gasteiger partial charge < -0.3 is 10.1 Å². The minimum absolute atomic E-state index is 0.0957. The number of rotatable bonds is 6. The summed E-state index contributed by atoms with van der Waals surface area (Å²) in [5.74, 6) is 0.662. The van der Waals surface area contributed by atoms with Crippen molar-refractivity contribution in [2.45, 2.75) is 39.0 Å². The molecular formula is C24H26N2O4. The molecule has 0 spiro atoms. The molecule has 6 nitrogen and oxygen atoms in total. The van der Waals surface area contributed by atoms with Crippen LogP contribution in [0.25, 0.3) is 0 Å². The number of anilines is 1. The summed E-state index contributed by atoms with van der Waals surface area (Å²) in [5, 5.41) is 2.81. The number of aryl methyl sites for hydroxylation is 1. The van der Waals surface area contributed by atoms with Crippen LogP contribution in [0, 0.1) is 18.8 Å². The topological polar surface area (TPSA) is 75.7 Å². The first-order valence-electron chi connectivity index (χ1n) is 10.5. The number of nitrogens with one attached hydrogen (secondary N) is 1. The second-order valence-electron chi connectivity index (χ2n) is 8.07. The molecule has 30 heavy (non-hydrogen) atoms. The van der Waals surface area contributed by atoms with Gasteiger partial charge in [0.2, 0.25) is 17.7 Å². The van der Waals surface area contributed by atoms with E-state index in [1.165, 1.54) is 4.90 Å². The molecule has 156 valence electrons. The molecule has 3 amide bonds. The fourth-order valence-electron chi connectivity index (χ4n) is 4.31. The van der Waals surface area contributed by atoms with Crippen molar-refractivity contribution in [3.05, 3.63) is 54.1 Å². The van der Waals surface area contributed by atoms with Gasteiger partial charge in [-0.2, -0.15) is 0 Å². The van der Waals surface area contributed by atoms with E-state index in [0.29, 0.717) is 11.4 Å². The SMILES string of the molecule is Cc1cccc(Oc2ccc(NC(=O)CCN3C(=O)[C@H]4CCCC[C@@H]4C3=O)cc2)c1. The number of amides is 3. The molecule has 0 unspecified atom stereocenters. The summed E-state index contributed by atoms with van der Waals surface area (Å²) in [6, 6.07) is 14.9. The Balaban J connectivity index is 1.29. The maximum absolute atomic E-state index is 12.5. The third kappa shape index (κ3) is 4.37. The lowest BCUT2D eigenvalue weighted by Gasteiger charge is -2.19. The molecule has 2 aromatic rings. The summed E-state index contributed by atoms with van der Waals surface area (Å²) in [7, 11) is 0. The number of carbonyl (C=O) groups is 3. The molecule has 2 aromatic carbocycles. The minimum Gasteiger partial charge on any atom is -0.457 e. The lowest BCUT2D eigenvalue weighted by Crippen LogP contribution is -2.34. The van der Waals surface area contributed by atoms with E-state index in [0.717, 1.165) is 37.0 Å². The van der Waals surface area contributed by atoms with Gasteiger partial charge in [-0.05, 0) is 61.7 Å². The number of carbonyl (C=O) groups excluding carboxylic acids is 3. The highest BCUT2D eigenvalue weighted by Crippen LogP contribution is 2.38. The second-order valence-corrected chi connectivity index (χ2v) is 8.07. The van der Waals surface area contributed by atoms with Crippen LogP contribution in [0.3, 0.4) is 0 Å². The number of fused-ring (bicyclic) bond motifs is 1. The highest BCUT2D eigenvalue weighted by Gasteiger charge is 2.47. The van der Waals surface area contributed by atoms with Gasteiger partial charge in [0.25, 0.3) is 0 Å². The van der Waals surface area contributed by atoms with Crippen molar-refractivity contribution in [1.82, 2.24) is 4.90 Å². The first-order chi connectivity index (χ1) is 14.5. The quantitative estimate of drug-likeness (QED) is 0.726. The van der Waals surface area contributed by atoms with Gasteiger partial charge in [-0.15, -0.1) is 0 Å². The van der Waals surface area contributed by atoms with Gasteiger partial charge in [0.1, 0.15) is 11.5 Å². The fraction of sp³-hybridized carbons (Fsp3) is 0.375. The van der Waals surface area contributed by atoms with Crippen LogP contribution in [-0.4, -0.2) is 29.2 Å². The normalized spacial score (nSPS) is 20.8. The summed E-state index contributed by atoms with van der Waals surface area (Å²) >= 11 is 0. The van der Waals surface area contributed by atoms with E-state index < -0.39 is 0 Å². The predicted molar refractivity (Wildman–Crippen MR) is 113 cm³/mol. The Morgan fingerprint density at radius 3 is 2.30 bits per heavy atom. The van der Waals surface area contributed by atoms with E-state index >= 15 is 0 Å². The zero-order valence-electron chi connectivity index (χ0n) is 17.1. The summed E-state index contributed by atoms with van der Waals surface area (Å²) in [6.07, 6.45) is 3.67. The Bertz CT molecular complexity index is 930. The molecule has 2 aliphatic rings. The number of hydrogen-bond acceptors (Lipinski definition) is 4. The number of imide groups is 1. The molecule has 1 heterocycles. The van der Waals surface area contributed by atoms with Crippen molar-refractivity contribution < 1.29 is 19.1 Å². The van der Waals surface area contributed by atoms with Crippen LogP contribution >= 0.6 is 0 Å². The van der Waals surface area contributed by atoms with E-state index in [9.17, 15) is 14.4 Å². The van der Waals surface area contributed by atoms with Gasteiger partial charge in [0, 0.05) is 18.7 Å². The molecule has 4 rings (SSSR count). The van der Waals surface area contributed by atoms with E-state index in [-0.39, 0.29) is 42.5 Å². The van der Waals surface area contributed by atoms with Crippen molar-refractivity contribution in [2.24, 2.45) is 11.8 Å². The monoisotopic (exact) mass is 406 g/mol. The largest absolute Gasteiger partial charge is 0.457 e. The summed E-state index contributed by atoms with van der Waals surface area (Å²) in [4.78, 5) is 38.6. The van der Waals surface area contributed by atoms with Gasteiger partial charge in [-0.1, -0.05) is 25.0 Å². The predicted octanol–water partition coefficient (Wildman–Crippen LogP) is 4.29. The molecule has 1 saturated heterocycles. The van der Waals surface area contributed by atoms with Crippen LogP contribution in [0.2, 0.25) is 0 Å². The smallest absolute Gasteiger partial charge is 0.233 e. The van der Waals surface area contributed by atoms with Gasteiger partial charge in [0.05, 0.1) is 11.8 Å². The Kier molecular flexibility index (Phi) is 5.84. The zero-order chi connectivity index (χ0) is 21.1. The van der Waals surface area contributed by atoms with Crippen LogP contribution < -0.4 is 10.1 Å². The molecule has 1 N–H and O–H groups in total. The molecule has 1 saturated carbocycles. The molecule has 0 radical (unpaired) electrons. The van der Waals surface area contributed by atoms with E-state index in [2.05, 4.69) is 5.32 Å². The third-order valence-electron chi connectivity index (χ3n) is 5.86. The van der Waals surface area contributed by atoms with Crippen molar-refractivity contribution in [3.8, 4) is 11.5 Å². The number of hydrogen-bond donors (Lipinski definition) is 1. The van der Waals surface area contributed by atoms with E-state index in [4.69, 9.17) is 4.74 Å². The number of nitrogens with zero attached hydrogens (tertiary/aromatic N) is 1. The molecular weight excluding hydrogens is 380 g/mol. The van der Waals surface area contributed by atoms with Crippen molar-refractivity contribution in [3.63, 3.8) is 0 Å². The molecule has 1 aliphatic carbocycles. The third-order valence-corrected chi connectivity index (χ3v) is 5.86. The van der Waals surface area contributed by atoms with Gasteiger partial charge >= 0.3 is 0 Å². The maximum atomic E-state index is 12.5. The van der Waals surface area contributed by atoms with Crippen molar-refractivity contribution in [1.29, 1.82) is 0 Å². The Hall–Kier alpha value is -3.15. The van der Waals surface area contributed by atoms with Crippen LogP contribution in [0.15, 0.2) is 48.5 Å². The summed E-state index contributed by atoms with van der Waals surface area (Å²) < 4.78 is 5.81. The molecule has 1 aliphatic heterocycles. The van der Waals surface area contributed by atoms with Crippen LogP contribution in [0.1, 0.15) is 37.7 Å². The van der Waals surface area contributed by atoms with Gasteiger partial charge in [0.15, 0.2) is 0 Å². The Morgan fingerprint density at radius 1 is 1.00 bits per heavy atom. The molecule has 0 aromatic heterocycles. The standard InChI is InChI=1S/C24H26N2O4/c1-16-5-4-6-19(15-16)30-18-11-9-17(10-12-18)25-22(27)13-14-26-23(28)20-7-2-3-8-21(20)24(26)29/h4-6,9-12,15,20-21H,2-3,7-8,13-14H2,1H3,(H,25,27)/t20-,21-/m0/s1. The fourth-order valence-corrected chi connectivity index (χ4v) is 4.31. The minimum atomic E-state index is -0.224. The van der Waals surface area contributed by atoms with Crippen molar-refractivity contribution in [2.75, 3.05) is 11.9 Å². The highest BCUT2D eigenvalue weighted by atomic mass is 16.5. The lowest BCUT2D eigenvalue weighted by atomic mass is 9.81. The van der Waals surface area contributed by atoms with Crippen LogP contribution in [-0.2, 0) is 14.4 Å². The van der Waals surface area contributed by atoms with Crippen molar-refractivity contribution >= 4 is 23.4 Å². The maximum Gasteiger partial charge on any atom is 0.233 e. The molecule has 0 bridgehead atoms. The Morgan fingerprint density at radius 2 is 1.67 bits per heavy atom. The number of ether oxygens (including phenoxy) is 1. The summed E-state index contributed by atoms with van der Waals surface area (Å²) in [5.41, 5.74) is 1.76. The van der Waals surface area contributed by atoms with Crippen LogP contribution in [0.5, 0.6) is 11.5 Å². The lowest BCUT2D eigenvalue weighted by molar-refractivity contribution is -0.140. The first-order valence-corrected chi connectivity index (χ1v) is 10.5. The summed E-state index contributed by atoms with van der Waals surface area (Å²) in [6.45, 7) is 2.15. The number of likely N-dealkylation sites (tertiary alicyclic amines) is 1. The van der Waals surface area contributed by atoms with E-state index in [1.807, 2.05) is 31.2 Å². The second kappa shape index (κ2) is 8.69.